The highest BCUT2D eigenvalue weighted by Gasteiger charge is 2.29. The Balaban J connectivity index is 1.51. The normalized spacial score (nSPS) is 12.3. The molecule has 0 aliphatic heterocycles. The summed E-state index contributed by atoms with van der Waals surface area (Å²) >= 11 is 0. The van der Waals surface area contributed by atoms with Gasteiger partial charge in [-0.25, -0.2) is 4.79 Å². The van der Waals surface area contributed by atoms with E-state index in [0.717, 1.165) is 22.3 Å². The van der Waals surface area contributed by atoms with Crippen LogP contribution in [0.3, 0.4) is 0 Å². The van der Waals surface area contributed by atoms with Crippen LogP contribution >= 0.6 is 0 Å². The van der Waals surface area contributed by atoms with Crippen LogP contribution in [0.2, 0.25) is 0 Å². The van der Waals surface area contributed by atoms with Gasteiger partial charge in [-0.3, -0.25) is 9.59 Å². The molecule has 2 aromatic carbocycles. The fraction of sp³-hybridized carbons (Fsp3) is 0.286. The fourth-order valence-corrected chi connectivity index (χ4v) is 3.50. The van der Waals surface area contributed by atoms with Crippen molar-refractivity contribution in [2.75, 3.05) is 13.2 Å². The molecule has 0 aromatic heterocycles. The monoisotopic (exact) mass is 383 g/mol. The smallest absolute Gasteiger partial charge is 0.407 e. The molecule has 3 rings (SSSR count). The van der Waals surface area contributed by atoms with Crippen LogP contribution in [0.4, 0.5) is 4.79 Å². The van der Waals surface area contributed by atoms with Gasteiger partial charge in [-0.1, -0.05) is 48.5 Å². The Bertz CT molecular complexity index is 834. The van der Waals surface area contributed by atoms with Gasteiger partial charge in [-0.15, -0.1) is 0 Å². The first-order valence-corrected chi connectivity index (χ1v) is 9.03. The summed E-state index contributed by atoms with van der Waals surface area (Å²) in [6.45, 7) is 0.334. The van der Waals surface area contributed by atoms with Crippen LogP contribution in [0, 0.1) is 5.92 Å². The lowest BCUT2D eigenvalue weighted by Crippen LogP contribution is -2.29. The third-order valence-corrected chi connectivity index (χ3v) is 4.88. The summed E-state index contributed by atoms with van der Waals surface area (Å²) < 4.78 is 5.36. The average Bonchev–Trinajstić information content (AvgIpc) is 2.99. The van der Waals surface area contributed by atoms with Gasteiger partial charge in [-0.05, 0) is 35.1 Å². The van der Waals surface area contributed by atoms with E-state index in [9.17, 15) is 14.4 Å². The van der Waals surface area contributed by atoms with E-state index in [1.165, 1.54) is 0 Å². The van der Waals surface area contributed by atoms with Crippen LogP contribution in [-0.4, -0.2) is 41.4 Å². The zero-order chi connectivity index (χ0) is 20.1. The first kappa shape index (κ1) is 19.4. The van der Waals surface area contributed by atoms with Crippen molar-refractivity contribution in [3.63, 3.8) is 0 Å². The Kier molecular flexibility index (Phi) is 5.93. The molecular formula is C21H21NO6. The van der Waals surface area contributed by atoms with Crippen molar-refractivity contribution in [1.29, 1.82) is 0 Å². The molecule has 28 heavy (non-hydrogen) atoms. The zero-order valence-corrected chi connectivity index (χ0v) is 15.1. The Morgan fingerprint density at radius 2 is 1.46 bits per heavy atom. The molecule has 0 saturated carbocycles. The van der Waals surface area contributed by atoms with Crippen molar-refractivity contribution in [1.82, 2.24) is 5.32 Å². The molecule has 7 heteroatoms. The lowest BCUT2D eigenvalue weighted by atomic mass is 9.98. The maximum Gasteiger partial charge on any atom is 0.407 e. The lowest BCUT2D eigenvalue weighted by Gasteiger charge is -2.14. The number of aliphatic carboxylic acids is 2. The van der Waals surface area contributed by atoms with Crippen molar-refractivity contribution in [2.24, 2.45) is 5.92 Å². The fourth-order valence-electron chi connectivity index (χ4n) is 3.50. The van der Waals surface area contributed by atoms with Gasteiger partial charge in [-0.2, -0.15) is 0 Å². The minimum absolute atomic E-state index is 0.0402. The first-order valence-electron chi connectivity index (χ1n) is 9.03. The highest BCUT2D eigenvalue weighted by molar-refractivity contribution is 5.92. The van der Waals surface area contributed by atoms with E-state index in [1.807, 2.05) is 36.4 Å². The molecule has 146 valence electrons. The predicted octanol–water partition coefficient (Wildman–Crippen LogP) is 3.09. The van der Waals surface area contributed by atoms with Gasteiger partial charge in [0.05, 0.1) is 0 Å². The standard InChI is InChI=1S/C21H21NO6/c23-19(24)17(20(25)26)10-5-11-22-21(27)28-12-18-15-8-3-1-6-13(15)14-7-2-4-9-16(14)18/h1-4,6-9,17-18H,5,10-12H2,(H,22,27)(H,23,24)(H,25,26). The molecule has 7 nitrogen and oxygen atoms in total. The number of carboxylic acids is 2. The Morgan fingerprint density at radius 1 is 0.929 bits per heavy atom. The van der Waals surface area contributed by atoms with Gasteiger partial charge < -0.3 is 20.3 Å². The number of nitrogens with one attached hydrogen (secondary N) is 1. The maximum absolute atomic E-state index is 12.0. The van der Waals surface area contributed by atoms with E-state index in [1.54, 1.807) is 0 Å². The molecule has 2 aromatic rings. The number of fused-ring (bicyclic) bond motifs is 3. The molecule has 1 amide bonds. The third-order valence-electron chi connectivity index (χ3n) is 4.88. The van der Waals surface area contributed by atoms with Gasteiger partial charge in [0.1, 0.15) is 6.61 Å². The molecule has 3 N–H and O–H groups in total. The van der Waals surface area contributed by atoms with E-state index in [4.69, 9.17) is 14.9 Å². The number of carboxylic acid groups (broad SMARTS) is 2. The van der Waals surface area contributed by atoms with Gasteiger partial charge in [0.2, 0.25) is 0 Å². The number of carbonyl (C=O) groups excluding carboxylic acids is 1. The quantitative estimate of drug-likeness (QED) is 0.477. The molecule has 1 aliphatic rings. The summed E-state index contributed by atoms with van der Waals surface area (Å²) in [5.41, 5.74) is 4.51. The Hall–Kier alpha value is -3.35. The number of amides is 1. The SMILES string of the molecule is O=C(NCCCC(C(=O)O)C(=O)O)OCC1c2ccccc2-c2ccccc21. The van der Waals surface area contributed by atoms with Gasteiger partial charge in [0.25, 0.3) is 0 Å². The average molecular weight is 383 g/mol. The van der Waals surface area contributed by atoms with Crippen LogP contribution in [0.25, 0.3) is 11.1 Å². The second kappa shape index (κ2) is 8.56. The second-order valence-corrected chi connectivity index (χ2v) is 6.62. The molecule has 0 atom stereocenters. The van der Waals surface area contributed by atoms with Crippen LogP contribution in [0.5, 0.6) is 0 Å². The molecule has 0 spiro atoms. The molecular weight excluding hydrogens is 362 g/mol. The summed E-state index contributed by atoms with van der Waals surface area (Å²) in [6, 6.07) is 16.0. The van der Waals surface area contributed by atoms with E-state index in [0.29, 0.717) is 0 Å². The Morgan fingerprint density at radius 3 is 2.00 bits per heavy atom. The predicted molar refractivity (Wildman–Crippen MR) is 101 cm³/mol. The topological polar surface area (TPSA) is 113 Å². The summed E-state index contributed by atoms with van der Waals surface area (Å²) in [6.07, 6.45) is -0.439. The summed E-state index contributed by atoms with van der Waals surface area (Å²) in [5, 5.41) is 20.2. The van der Waals surface area contributed by atoms with Crippen LogP contribution in [0.1, 0.15) is 29.9 Å². The number of carbonyl (C=O) groups is 3. The summed E-state index contributed by atoms with van der Waals surface area (Å²) in [4.78, 5) is 33.6. The van der Waals surface area contributed by atoms with Gasteiger partial charge in [0.15, 0.2) is 5.92 Å². The second-order valence-electron chi connectivity index (χ2n) is 6.62. The highest BCUT2D eigenvalue weighted by atomic mass is 16.5. The van der Waals surface area contributed by atoms with Crippen LogP contribution in [-0.2, 0) is 14.3 Å². The number of hydrogen-bond acceptors (Lipinski definition) is 4. The summed E-state index contributed by atoms with van der Waals surface area (Å²) in [5.74, 6) is -4.27. The van der Waals surface area contributed by atoms with E-state index in [-0.39, 0.29) is 31.9 Å². The molecule has 0 saturated heterocycles. The molecule has 0 fully saturated rings. The van der Waals surface area contributed by atoms with E-state index in [2.05, 4.69) is 17.4 Å². The number of hydrogen-bond donors (Lipinski definition) is 3. The lowest BCUT2D eigenvalue weighted by molar-refractivity contribution is -0.154. The highest BCUT2D eigenvalue weighted by Crippen LogP contribution is 2.44. The van der Waals surface area contributed by atoms with Crippen LogP contribution in [0.15, 0.2) is 48.5 Å². The molecule has 0 heterocycles. The van der Waals surface area contributed by atoms with Crippen molar-refractivity contribution in [3.05, 3.63) is 59.7 Å². The summed E-state index contributed by atoms with van der Waals surface area (Å²) in [7, 11) is 0. The zero-order valence-electron chi connectivity index (χ0n) is 15.1. The van der Waals surface area contributed by atoms with Crippen molar-refractivity contribution >= 4 is 18.0 Å². The van der Waals surface area contributed by atoms with Crippen molar-refractivity contribution < 1.29 is 29.3 Å². The largest absolute Gasteiger partial charge is 0.481 e. The number of rotatable bonds is 8. The minimum Gasteiger partial charge on any atom is -0.481 e. The molecule has 0 radical (unpaired) electrons. The van der Waals surface area contributed by atoms with Crippen molar-refractivity contribution in [3.8, 4) is 11.1 Å². The minimum atomic E-state index is -1.47. The number of ether oxygens (including phenoxy) is 1. The van der Waals surface area contributed by atoms with Crippen LogP contribution < -0.4 is 5.32 Å². The van der Waals surface area contributed by atoms with Crippen molar-refractivity contribution in [2.45, 2.75) is 18.8 Å². The number of benzene rings is 2. The first-order chi connectivity index (χ1) is 13.5. The van der Waals surface area contributed by atoms with E-state index >= 15 is 0 Å². The molecule has 0 unspecified atom stereocenters. The number of alkyl carbamates (subject to hydrolysis) is 1. The van der Waals surface area contributed by atoms with Gasteiger partial charge in [0, 0.05) is 12.5 Å². The molecule has 1 aliphatic carbocycles. The van der Waals surface area contributed by atoms with E-state index < -0.39 is 23.9 Å². The molecule has 0 bridgehead atoms. The van der Waals surface area contributed by atoms with Gasteiger partial charge >= 0.3 is 18.0 Å². The Labute approximate surface area is 162 Å². The maximum atomic E-state index is 12.0. The third kappa shape index (κ3) is 4.14.